The Bertz CT molecular complexity index is 147. The Balaban J connectivity index is 3.75. The van der Waals surface area contributed by atoms with E-state index < -0.39 is 6.09 Å². The molecule has 0 rings (SSSR count). The van der Waals surface area contributed by atoms with Crippen molar-refractivity contribution in [1.82, 2.24) is 0 Å². The summed E-state index contributed by atoms with van der Waals surface area (Å²) < 4.78 is 5.66. The van der Waals surface area contributed by atoms with Crippen LogP contribution in [-0.4, -0.2) is 16.6 Å². The van der Waals surface area contributed by atoms with E-state index in [2.05, 4.69) is 22.6 Å². The lowest BCUT2D eigenvalue weighted by atomic mass is 10.2. The third-order valence-electron chi connectivity index (χ3n) is 1.11. The van der Waals surface area contributed by atoms with Crippen LogP contribution in [0.1, 0.15) is 13.3 Å². The SMILES string of the molecule is CC[C@@H](/C=C/CI)OC(N)=O. The molecule has 0 aliphatic heterocycles. The van der Waals surface area contributed by atoms with E-state index in [0.717, 1.165) is 10.8 Å². The molecule has 1 amide bonds. The summed E-state index contributed by atoms with van der Waals surface area (Å²) >= 11 is 2.21. The van der Waals surface area contributed by atoms with Crippen LogP contribution in [0, 0.1) is 0 Å². The van der Waals surface area contributed by atoms with E-state index in [-0.39, 0.29) is 6.10 Å². The second kappa shape index (κ2) is 6.45. The molecule has 0 saturated heterocycles. The van der Waals surface area contributed by atoms with Gasteiger partial charge in [-0.15, -0.1) is 0 Å². The molecule has 0 aliphatic rings. The fourth-order valence-electron chi connectivity index (χ4n) is 0.611. The molecule has 11 heavy (non-hydrogen) atoms. The molecule has 1 atom stereocenters. The molecule has 0 heterocycles. The van der Waals surface area contributed by atoms with Crippen LogP contribution in [0.15, 0.2) is 12.2 Å². The first-order chi connectivity index (χ1) is 5.20. The van der Waals surface area contributed by atoms with Crippen molar-refractivity contribution in [2.75, 3.05) is 4.43 Å². The summed E-state index contributed by atoms with van der Waals surface area (Å²) in [4.78, 5) is 10.3. The molecule has 0 spiro atoms. The van der Waals surface area contributed by atoms with E-state index >= 15 is 0 Å². The number of carbonyl (C=O) groups is 1. The van der Waals surface area contributed by atoms with Crippen LogP contribution < -0.4 is 5.73 Å². The Labute approximate surface area is 80.1 Å². The van der Waals surface area contributed by atoms with Gasteiger partial charge in [0.25, 0.3) is 0 Å². The van der Waals surface area contributed by atoms with Gasteiger partial charge >= 0.3 is 6.09 Å². The highest BCUT2D eigenvalue weighted by atomic mass is 127. The average Bonchev–Trinajstić information content (AvgIpc) is 1.97. The fraction of sp³-hybridized carbons (Fsp3) is 0.571. The third kappa shape index (κ3) is 6.15. The van der Waals surface area contributed by atoms with E-state index in [0.29, 0.717) is 0 Å². The third-order valence-corrected chi connectivity index (χ3v) is 1.62. The Kier molecular flexibility index (Phi) is 6.30. The molecule has 0 aliphatic carbocycles. The van der Waals surface area contributed by atoms with Gasteiger partial charge in [0.15, 0.2) is 0 Å². The molecular formula is C7H12INO2. The Morgan fingerprint density at radius 2 is 2.45 bits per heavy atom. The number of carbonyl (C=O) groups excluding carboxylic acids is 1. The van der Waals surface area contributed by atoms with Gasteiger partial charge in [0.1, 0.15) is 6.10 Å². The molecule has 2 N–H and O–H groups in total. The van der Waals surface area contributed by atoms with Gasteiger partial charge in [-0.2, -0.15) is 0 Å². The summed E-state index contributed by atoms with van der Waals surface area (Å²) in [6.45, 7) is 1.94. The van der Waals surface area contributed by atoms with Crippen LogP contribution in [0.5, 0.6) is 0 Å². The van der Waals surface area contributed by atoms with Crippen molar-refractivity contribution in [3.8, 4) is 0 Å². The highest BCUT2D eigenvalue weighted by Crippen LogP contribution is 2.00. The van der Waals surface area contributed by atoms with Gasteiger partial charge in [-0.25, -0.2) is 4.79 Å². The lowest BCUT2D eigenvalue weighted by Crippen LogP contribution is -2.20. The van der Waals surface area contributed by atoms with Gasteiger partial charge in [0.05, 0.1) is 0 Å². The molecule has 0 radical (unpaired) electrons. The lowest BCUT2D eigenvalue weighted by molar-refractivity contribution is 0.127. The van der Waals surface area contributed by atoms with Crippen molar-refractivity contribution < 1.29 is 9.53 Å². The molecule has 4 heteroatoms. The normalized spacial score (nSPS) is 13.3. The molecule has 0 aromatic heterocycles. The van der Waals surface area contributed by atoms with Crippen LogP contribution in [0.3, 0.4) is 0 Å². The van der Waals surface area contributed by atoms with Crippen molar-refractivity contribution in [1.29, 1.82) is 0 Å². The number of halogens is 1. The Morgan fingerprint density at radius 3 is 2.82 bits per heavy atom. The van der Waals surface area contributed by atoms with E-state index in [9.17, 15) is 4.79 Å². The number of rotatable bonds is 4. The number of ether oxygens (including phenoxy) is 1. The second-order valence-electron chi connectivity index (χ2n) is 1.97. The second-order valence-corrected chi connectivity index (χ2v) is 2.85. The summed E-state index contributed by atoms with van der Waals surface area (Å²) in [5.41, 5.74) is 4.84. The maximum absolute atomic E-state index is 10.3. The number of nitrogens with two attached hydrogens (primary N) is 1. The molecule has 3 nitrogen and oxygen atoms in total. The standard InChI is InChI=1S/C7H12INO2/c1-2-6(4-3-5-8)11-7(9)10/h3-4,6H,2,5H2,1H3,(H2,9,10)/b4-3+/t6-/m0/s1. The van der Waals surface area contributed by atoms with Crippen molar-refractivity contribution in [2.24, 2.45) is 5.73 Å². The number of hydrogen-bond donors (Lipinski definition) is 1. The molecule has 0 unspecified atom stereocenters. The minimum atomic E-state index is -0.713. The Hall–Kier alpha value is -0.260. The number of amides is 1. The first kappa shape index (κ1) is 10.7. The number of hydrogen-bond acceptors (Lipinski definition) is 2. The van der Waals surface area contributed by atoms with Crippen LogP contribution in [0.25, 0.3) is 0 Å². The summed E-state index contributed by atoms with van der Waals surface area (Å²) in [5.74, 6) is 0. The largest absolute Gasteiger partial charge is 0.442 e. The van der Waals surface area contributed by atoms with Gasteiger partial charge < -0.3 is 10.5 Å². The monoisotopic (exact) mass is 269 g/mol. The van der Waals surface area contributed by atoms with Gasteiger partial charge in [0.2, 0.25) is 0 Å². The molecule has 0 fully saturated rings. The minimum absolute atomic E-state index is 0.165. The Morgan fingerprint density at radius 1 is 1.82 bits per heavy atom. The van der Waals surface area contributed by atoms with Crippen LogP contribution in [-0.2, 0) is 4.74 Å². The number of alkyl halides is 1. The maximum Gasteiger partial charge on any atom is 0.405 e. The van der Waals surface area contributed by atoms with Crippen LogP contribution in [0.2, 0.25) is 0 Å². The van der Waals surface area contributed by atoms with Gasteiger partial charge in [-0.3, -0.25) is 0 Å². The van der Waals surface area contributed by atoms with E-state index in [1.54, 1.807) is 0 Å². The summed E-state index contributed by atoms with van der Waals surface area (Å²) in [5, 5.41) is 0. The summed E-state index contributed by atoms with van der Waals surface area (Å²) in [6.07, 6.45) is 3.67. The topological polar surface area (TPSA) is 52.3 Å². The molecule has 0 aromatic carbocycles. The number of allylic oxidation sites excluding steroid dienone is 1. The quantitative estimate of drug-likeness (QED) is 0.481. The molecular weight excluding hydrogens is 257 g/mol. The zero-order valence-corrected chi connectivity index (χ0v) is 8.58. The molecule has 0 bridgehead atoms. The van der Waals surface area contributed by atoms with Crippen molar-refractivity contribution in [3.63, 3.8) is 0 Å². The van der Waals surface area contributed by atoms with E-state index in [1.165, 1.54) is 0 Å². The van der Waals surface area contributed by atoms with Crippen molar-refractivity contribution in [2.45, 2.75) is 19.4 Å². The first-order valence-corrected chi connectivity index (χ1v) is 4.92. The van der Waals surface area contributed by atoms with Crippen LogP contribution in [0.4, 0.5) is 4.79 Å². The summed E-state index contributed by atoms with van der Waals surface area (Å²) in [6, 6.07) is 0. The highest BCUT2D eigenvalue weighted by Gasteiger charge is 2.03. The predicted octanol–water partition coefficient (Wildman–Crippen LogP) is 1.85. The maximum atomic E-state index is 10.3. The zero-order chi connectivity index (χ0) is 8.69. The molecule has 0 aromatic rings. The number of primary amides is 1. The summed E-state index contributed by atoms with van der Waals surface area (Å²) in [7, 11) is 0. The van der Waals surface area contributed by atoms with Gasteiger partial charge in [-0.1, -0.05) is 35.6 Å². The molecule has 0 saturated carbocycles. The van der Waals surface area contributed by atoms with Gasteiger partial charge in [-0.05, 0) is 12.5 Å². The highest BCUT2D eigenvalue weighted by molar-refractivity contribution is 14.1. The van der Waals surface area contributed by atoms with E-state index in [4.69, 9.17) is 10.5 Å². The van der Waals surface area contributed by atoms with Gasteiger partial charge in [0, 0.05) is 4.43 Å². The lowest BCUT2D eigenvalue weighted by Gasteiger charge is -2.08. The smallest absolute Gasteiger partial charge is 0.405 e. The zero-order valence-electron chi connectivity index (χ0n) is 6.42. The average molecular weight is 269 g/mol. The fourth-order valence-corrected chi connectivity index (χ4v) is 0.905. The molecule has 64 valence electrons. The first-order valence-electron chi connectivity index (χ1n) is 3.39. The van der Waals surface area contributed by atoms with Crippen molar-refractivity contribution in [3.05, 3.63) is 12.2 Å². The minimum Gasteiger partial charge on any atom is -0.442 e. The van der Waals surface area contributed by atoms with Crippen molar-refractivity contribution >= 4 is 28.7 Å². The van der Waals surface area contributed by atoms with Crippen LogP contribution >= 0.6 is 22.6 Å². The van der Waals surface area contributed by atoms with E-state index in [1.807, 2.05) is 19.1 Å². The predicted molar refractivity (Wildman–Crippen MR) is 52.8 cm³/mol.